The first-order valence-electron chi connectivity index (χ1n) is 5.73. The first-order chi connectivity index (χ1) is 8.72. The van der Waals surface area contributed by atoms with Crippen molar-refractivity contribution in [2.24, 2.45) is 5.73 Å². The summed E-state index contributed by atoms with van der Waals surface area (Å²) in [7, 11) is 0. The van der Waals surface area contributed by atoms with Crippen molar-refractivity contribution in [3.05, 3.63) is 48.2 Å². The zero-order valence-corrected chi connectivity index (χ0v) is 11.0. The van der Waals surface area contributed by atoms with Gasteiger partial charge in [0.05, 0.1) is 24.7 Å². The second-order valence-electron chi connectivity index (χ2n) is 3.85. The molecule has 5 heteroatoms. The quantitative estimate of drug-likeness (QED) is 0.837. The summed E-state index contributed by atoms with van der Waals surface area (Å²) in [5, 5.41) is 0. The van der Waals surface area contributed by atoms with Crippen molar-refractivity contribution in [1.29, 1.82) is 0 Å². The van der Waals surface area contributed by atoms with Crippen molar-refractivity contribution >= 4 is 22.9 Å². The Morgan fingerprint density at radius 2 is 2.33 bits per heavy atom. The molecule has 18 heavy (non-hydrogen) atoms. The maximum absolute atomic E-state index is 5.73. The third-order valence-electron chi connectivity index (χ3n) is 2.71. The lowest BCUT2D eigenvalue weighted by Gasteiger charge is -2.23. The van der Waals surface area contributed by atoms with Crippen LogP contribution >= 0.6 is 12.2 Å². The molecule has 0 radical (unpaired) electrons. The topological polar surface area (TPSA) is 55.3 Å². The molecular formula is C13H15N3OS. The predicted octanol–water partition coefficient (Wildman–Crippen LogP) is 2.34. The number of furan rings is 1. The number of anilines is 1. The molecule has 0 unspecified atom stereocenters. The molecule has 4 nitrogen and oxygen atoms in total. The maximum Gasteiger partial charge on any atom is 0.123 e. The fourth-order valence-electron chi connectivity index (χ4n) is 1.80. The lowest BCUT2D eigenvalue weighted by molar-refractivity contribution is 0.503. The third kappa shape index (κ3) is 2.68. The van der Waals surface area contributed by atoms with E-state index in [1.54, 1.807) is 18.7 Å². The van der Waals surface area contributed by atoms with Gasteiger partial charge in [-0.05, 0) is 25.1 Å². The van der Waals surface area contributed by atoms with Crippen LogP contribution in [0.5, 0.6) is 0 Å². The van der Waals surface area contributed by atoms with Crippen molar-refractivity contribution in [2.45, 2.75) is 13.5 Å². The van der Waals surface area contributed by atoms with E-state index in [4.69, 9.17) is 22.4 Å². The molecule has 0 atom stereocenters. The van der Waals surface area contributed by atoms with Gasteiger partial charge in [0.2, 0.25) is 0 Å². The molecule has 0 amide bonds. The Labute approximate surface area is 111 Å². The summed E-state index contributed by atoms with van der Waals surface area (Å²) in [5.41, 5.74) is 7.51. The largest absolute Gasteiger partial charge is 0.467 e. The summed E-state index contributed by atoms with van der Waals surface area (Å²) in [6, 6.07) is 5.66. The number of rotatable bonds is 5. The van der Waals surface area contributed by atoms with E-state index in [1.165, 1.54) is 0 Å². The minimum absolute atomic E-state index is 0.380. The molecule has 2 N–H and O–H groups in total. The number of hydrogen-bond acceptors (Lipinski definition) is 4. The van der Waals surface area contributed by atoms with E-state index in [-0.39, 0.29) is 0 Å². The van der Waals surface area contributed by atoms with E-state index in [9.17, 15) is 0 Å². The van der Waals surface area contributed by atoms with Crippen LogP contribution in [0.3, 0.4) is 0 Å². The molecule has 2 heterocycles. The highest BCUT2D eigenvalue weighted by Crippen LogP contribution is 2.21. The van der Waals surface area contributed by atoms with E-state index >= 15 is 0 Å². The summed E-state index contributed by atoms with van der Waals surface area (Å²) in [6.45, 7) is 3.56. The Hall–Kier alpha value is -1.88. The maximum atomic E-state index is 5.73. The number of hydrogen-bond donors (Lipinski definition) is 1. The molecular weight excluding hydrogens is 246 g/mol. The monoisotopic (exact) mass is 261 g/mol. The van der Waals surface area contributed by atoms with E-state index < -0.39 is 0 Å². The van der Waals surface area contributed by atoms with Crippen LogP contribution in [-0.2, 0) is 6.54 Å². The molecule has 2 rings (SSSR count). The minimum Gasteiger partial charge on any atom is -0.467 e. The van der Waals surface area contributed by atoms with Gasteiger partial charge in [0, 0.05) is 18.3 Å². The van der Waals surface area contributed by atoms with Gasteiger partial charge in [-0.25, -0.2) is 0 Å². The third-order valence-corrected chi connectivity index (χ3v) is 2.93. The fourth-order valence-corrected chi connectivity index (χ4v) is 1.98. The number of pyridine rings is 1. The number of thiocarbonyl (C=S) groups is 1. The van der Waals surface area contributed by atoms with Gasteiger partial charge < -0.3 is 15.1 Å². The van der Waals surface area contributed by atoms with Gasteiger partial charge in [-0.2, -0.15) is 0 Å². The van der Waals surface area contributed by atoms with E-state index in [0.29, 0.717) is 11.5 Å². The van der Waals surface area contributed by atoms with Gasteiger partial charge in [0.1, 0.15) is 10.7 Å². The van der Waals surface area contributed by atoms with E-state index in [1.807, 2.05) is 18.2 Å². The number of nitrogens with zero attached hydrogens (tertiary/aromatic N) is 2. The zero-order chi connectivity index (χ0) is 13.0. The average Bonchev–Trinajstić information content (AvgIpc) is 2.88. The molecule has 0 aliphatic heterocycles. The summed E-state index contributed by atoms with van der Waals surface area (Å²) in [4.78, 5) is 6.64. The van der Waals surface area contributed by atoms with Crippen molar-refractivity contribution in [3.8, 4) is 0 Å². The molecule has 0 aliphatic carbocycles. The molecule has 0 fully saturated rings. The molecule has 0 saturated carbocycles. The summed E-state index contributed by atoms with van der Waals surface area (Å²) in [5.74, 6) is 0.898. The van der Waals surface area contributed by atoms with Gasteiger partial charge in [0.25, 0.3) is 0 Å². The van der Waals surface area contributed by atoms with Crippen LogP contribution < -0.4 is 10.6 Å². The number of nitrogens with two attached hydrogens (primary N) is 1. The van der Waals surface area contributed by atoms with Gasteiger partial charge in [-0.15, -0.1) is 0 Å². The molecule has 2 aromatic rings. The normalized spacial score (nSPS) is 10.3. The average molecular weight is 261 g/mol. The summed E-state index contributed by atoms with van der Waals surface area (Å²) < 4.78 is 5.36. The Morgan fingerprint density at radius 1 is 1.50 bits per heavy atom. The van der Waals surface area contributed by atoms with Crippen molar-refractivity contribution in [3.63, 3.8) is 0 Å². The van der Waals surface area contributed by atoms with Gasteiger partial charge in [-0.3, -0.25) is 4.98 Å². The van der Waals surface area contributed by atoms with Crippen LogP contribution in [0.4, 0.5) is 5.69 Å². The Morgan fingerprint density at radius 3 is 2.94 bits per heavy atom. The van der Waals surface area contributed by atoms with Crippen LogP contribution in [0.25, 0.3) is 0 Å². The van der Waals surface area contributed by atoms with Crippen molar-refractivity contribution in [1.82, 2.24) is 4.98 Å². The highest BCUT2D eigenvalue weighted by Gasteiger charge is 2.13. The first kappa shape index (κ1) is 12.6. The van der Waals surface area contributed by atoms with Crippen LogP contribution in [0.2, 0.25) is 0 Å². The zero-order valence-electron chi connectivity index (χ0n) is 10.2. The molecule has 0 saturated heterocycles. The van der Waals surface area contributed by atoms with Crippen LogP contribution in [0.15, 0.2) is 41.3 Å². The Kier molecular flexibility index (Phi) is 3.94. The molecule has 0 spiro atoms. The van der Waals surface area contributed by atoms with E-state index in [0.717, 1.165) is 23.6 Å². The highest BCUT2D eigenvalue weighted by atomic mass is 32.1. The van der Waals surface area contributed by atoms with Crippen LogP contribution in [0.1, 0.15) is 18.2 Å². The second-order valence-corrected chi connectivity index (χ2v) is 4.29. The van der Waals surface area contributed by atoms with Crippen molar-refractivity contribution < 1.29 is 4.42 Å². The van der Waals surface area contributed by atoms with Crippen LogP contribution in [0, 0.1) is 0 Å². The van der Waals surface area contributed by atoms with Gasteiger partial charge in [-0.1, -0.05) is 12.2 Å². The predicted molar refractivity (Wildman–Crippen MR) is 75.6 cm³/mol. The first-order valence-corrected chi connectivity index (χ1v) is 6.14. The lowest BCUT2D eigenvalue weighted by Crippen LogP contribution is -2.25. The van der Waals surface area contributed by atoms with Gasteiger partial charge in [0.15, 0.2) is 0 Å². The summed E-state index contributed by atoms with van der Waals surface area (Å²) in [6.07, 6.45) is 5.14. The molecule has 0 aromatic carbocycles. The minimum atomic E-state index is 0.380. The van der Waals surface area contributed by atoms with Crippen molar-refractivity contribution in [2.75, 3.05) is 11.4 Å². The molecule has 94 valence electrons. The standard InChI is InChI=1S/C13H15N3OS/c1-2-16(9-10-4-3-7-17-10)12-8-15-6-5-11(12)13(14)18/h3-8H,2,9H2,1H3,(H2,14,18). The molecule has 0 aliphatic rings. The van der Waals surface area contributed by atoms with Crippen LogP contribution in [-0.4, -0.2) is 16.5 Å². The second kappa shape index (κ2) is 5.64. The Balaban J connectivity index is 2.30. The fraction of sp³-hybridized carbons (Fsp3) is 0.231. The molecule has 2 aromatic heterocycles. The van der Waals surface area contributed by atoms with E-state index in [2.05, 4.69) is 16.8 Å². The van der Waals surface area contributed by atoms with Gasteiger partial charge >= 0.3 is 0 Å². The Bertz CT molecular complexity index is 525. The SMILES string of the molecule is CCN(Cc1ccco1)c1cnccc1C(N)=S. The lowest BCUT2D eigenvalue weighted by atomic mass is 10.2. The smallest absolute Gasteiger partial charge is 0.123 e. The number of aromatic nitrogens is 1. The highest BCUT2D eigenvalue weighted by molar-refractivity contribution is 7.80. The molecule has 0 bridgehead atoms. The summed E-state index contributed by atoms with van der Waals surface area (Å²) >= 11 is 5.06.